The highest BCUT2D eigenvalue weighted by Gasteiger charge is 2.17. The topological polar surface area (TPSA) is 78.4 Å². The van der Waals surface area contributed by atoms with Gasteiger partial charge in [-0.15, -0.1) is 0 Å². The fourth-order valence-corrected chi connectivity index (χ4v) is 2.23. The molecule has 1 aromatic carbocycles. The summed E-state index contributed by atoms with van der Waals surface area (Å²) in [6.07, 6.45) is 1.42. The molecule has 0 bridgehead atoms. The first-order valence-electron chi connectivity index (χ1n) is 6.44. The van der Waals surface area contributed by atoms with E-state index < -0.39 is 5.97 Å². The maximum atomic E-state index is 11.1. The normalized spacial score (nSPS) is 18.9. The number of hydrogen-bond donors (Lipinski definition) is 3. The molecular formula is C14H18N2O3. The molecule has 1 fully saturated rings. The maximum Gasteiger partial charge on any atom is 0.307 e. The van der Waals surface area contributed by atoms with E-state index in [0.29, 0.717) is 19.5 Å². The van der Waals surface area contributed by atoms with E-state index in [-0.39, 0.29) is 18.4 Å². The Morgan fingerprint density at radius 1 is 1.37 bits per heavy atom. The first kappa shape index (κ1) is 13.5. The Labute approximate surface area is 112 Å². The lowest BCUT2D eigenvalue weighted by molar-refractivity contribution is -0.136. The number of carboxylic acid groups (broad SMARTS) is 1. The number of carbonyl (C=O) groups excluding carboxylic acids is 1. The molecule has 0 aromatic heterocycles. The fraction of sp³-hybridized carbons (Fsp3) is 0.429. The highest BCUT2D eigenvalue weighted by molar-refractivity contribution is 5.76. The van der Waals surface area contributed by atoms with Gasteiger partial charge in [0.05, 0.1) is 6.42 Å². The fourth-order valence-electron chi connectivity index (χ4n) is 2.23. The second-order valence-corrected chi connectivity index (χ2v) is 4.76. The van der Waals surface area contributed by atoms with Crippen LogP contribution >= 0.6 is 0 Å². The molecule has 19 heavy (non-hydrogen) atoms. The number of nitrogens with one attached hydrogen (secondary N) is 2. The maximum absolute atomic E-state index is 11.1. The third-order valence-electron chi connectivity index (χ3n) is 3.31. The van der Waals surface area contributed by atoms with Crippen molar-refractivity contribution in [2.24, 2.45) is 0 Å². The van der Waals surface area contributed by atoms with Crippen LogP contribution in [0.3, 0.4) is 0 Å². The number of hydrogen-bond acceptors (Lipinski definition) is 3. The molecular weight excluding hydrogens is 244 g/mol. The van der Waals surface area contributed by atoms with Crippen molar-refractivity contribution in [3.05, 3.63) is 35.4 Å². The number of aliphatic carboxylic acids is 1. The molecule has 3 N–H and O–H groups in total. The van der Waals surface area contributed by atoms with Crippen molar-refractivity contribution in [1.29, 1.82) is 0 Å². The number of amides is 1. The van der Waals surface area contributed by atoms with Crippen LogP contribution in [0.2, 0.25) is 0 Å². The lowest BCUT2D eigenvalue weighted by Gasteiger charge is -2.24. The van der Waals surface area contributed by atoms with Crippen LogP contribution in [-0.2, 0) is 22.6 Å². The molecule has 0 spiro atoms. The van der Waals surface area contributed by atoms with E-state index in [1.807, 2.05) is 24.3 Å². The average Bonchev–Trinajstić information content (AvgIpc) is 2.39. The Hall–Kier alpha value is -1.88. The summed E-state index contributed by atoms with van der Waals surface area (Å²) >= 11 is 0. The molecule has 1 aliphatic rings. The van der Waals surface area contributed by atoms with Crippen molar-refractivity contribution in [1.82, 2.24) is 10.6 Å². The molecule has 1 saturated heterocycles. The van der Waals surface area contributed by atoms with Crippen molar-refractivity contribution in [3.63, 3.8) is 0 Å². The van der Waals surface area contributed by atoms with Crippen molar-refractivity contribution in [2.45, 2.75) is 31.8 Å². The summed E-state index contributed by atoms with van der Waals surface area (Å²) in [6, 6.07) is 7.80. The minimum absolute atomic E-state index is 0.0409. The quantitative estimate of drug-likeness (QED) is 0.729. The van der Waals surface area contributed by atoms with Gasteiger partial charge in [0.1, 0.15) is 0 Å². The third-order valence-corrected chi connectivity index (χ3v) is 3.31. The molecule has 0 radical (unpaired) electrons. The van der Waals surface area contributed by atoms with Gasteiger partial charge in [-0.2, -0.15) is 0 Å². The summed E-state index contributed by atoms with van der Waals surface area (Å²) in [7, 11) is 0. The molecule has 5 heteroatoms. The van der Waals surface area contributed by atoms with Crippen LogP contribution < -0.4 is 10.6 Å². The first-order valence-corrected chi connectivity index (χ1v) is 6.44. The summed E-state index contributed by atoms with van der Waals surface area (Å²) in [5.41, 5.74) is 1.84. The van der Waals surface area contributed by atoms with Crippen molar-refractivity contribution in [2.75, 3.05) is 6.54 Å². The van der Waals surface area contributed by atoms with E-state index in [2.05, 4.69) is 10.6 Å². The largest absolute Gasteiger partial charge is 0.481 e. The zero-order chi connectivity index (χ0) is 13.7. The summed E-state index contributed by atoms with van der Waals surface area (Å²) in [6.45, 7) is 1.27. The Bertz CT molecular complexity index is 464. The van der Waals surface area contributed by atoms with Gasteiger partial charge in [0.15, 0.2) is 0 Å². The predicted octanol–water partition coefficient (Wildman–Crippen LogP) is 0.682. The molecule has 2 rings (SSSR count). The van der Waals surface area contributed by atoms with Gasteiger partial charge in [0.25, 0.3) is 0 Å². The minimum atomic E-state index is -0.822. The van der Waals surface area contributed by atoms with Gasteiger partial charge in [0.2, 0.25) is 5.91 Å². The van der Waals surface area contributed by atoms with Gasteiger partial charge in [-0.3, -0.25) is 9.59 Å². The standard InChI is InChI=1S/C14H18N2O3/c17-13-6-5-12(9-16-13)15-8-11-4-2-1-3-10(11)7-14(18)19/h1-4,12,15H,5-9H2,(H,16,17)(H,18,19). The van der Waals surface area contributed by atoms with Gasteiger partial charge in [0, 0.05) is 25.6 Å². The van der Waals surface area contributed by atoms with E-state index >= 15 is 0 Å². The summed E-state index contributed by atoms with van der Waals surface area (Å²) in [4.78, 5) is 21.8. The van der Waals surface area contributed by atoms with Crippen LogP contribution in [-0.4, -0.2) is 29.6 Å². The molecule has 0 aliphatic carbocycles. The molecule has 1 amide bonds. The third kappa shape index (κ3) is 4.06. The number of carbonyl (C=O) groups is 2. The second-order valence-electron chi connectivity index (χ2n) is 4.76. The molecule has 5 nitrogen and oxygen atoms in total. The van der Waals surface area contributed by atoms with Crippen LogP contribution in [0.25, 0.3) is 0 Å². The molecule has 1 unspecified atom stereocenters. The van der Waals surface area contributed by atoms with E-state index in [4.69, 9.17) is 5.11 Å². The van der Waals surface area contributed by atoms with E-state index in [1.165, 1.54) is 0 Å². The van der Waals surface area contributed by atoms with Gasteiger partial charge in [-0.05, 0) is 17.5 Å². The second kappa shape index (κ2) is 6.33. The Balaban J connectivity index is 1.91. The van der Waals surface area contributed by atoms with Crippen LogP contribution in [0.5, 0.6) is 0 Å². The number of carboxylic acids is 1. The van der Waals surface area contributed by atoms with Crippen LogP contribution in [0.1, 0.15) is 24.0 Å². The van der Waals surface area contributed by atoms with Gasteiger partial charge in [-0.25, -0.2) is 0 Å². The van der Waals surface area contributed by atoms with E-state index in [0.717, 1.165) is 17.5 Å². The van der Waals surface area contributed by atoms with Gasteiger partial charge < -0.3 is 15.7 Å². The monoisotopic (exact) mass is 262 g/mol. The van der Waals surface area contributed by atoms with Crippen molar-refractivity contribution >= 4 is 11.9 Å². The molecule has 1 atom stereocenters. The lowest BCUT2D eigenvalue weighted by atomic mass is 10.0. The molecule has 1 heterocycles. The molecule has 1 aromatic rings. The van der Waals surface area contributed by atoms with Crippen molar-refractivity contribution < 1.29 is 14.7 Å². The first-order chi connectivity index (χ1) is 9.15. The van der Waals surface area contributed by atoms with Crippen LogP contribution in [0.15, 0.2) is 24.3 Å². The zero-order valence-electron chi connectivity index (χ0n) is 10.7. The van der Waals surface area contributed by atoms with Crippen molar-refractivity contribution in [3.8, 4) is 0 Å². The Morgan fingerprint density at radius 2 is 2.11 bits per heavy atom. The van der Waals surface area contributed by atoms with Gasteiger partial charge in [-0.1, -0.05) is 24.3 Å². The van der Waals surface area contributed by atoms with Crippen LogP contribution in [0, 0.1) is 0 Å². The number of benzene rings is 1. The lowest BCUT2D eigenvalue weighted by Crippen LogP contribution is -2.45. The summed E-state index contributed by atoms with van der Waals surface area (Å²) < 4.78 is 0. The number of piperidine rings is 1. The predicted molar refractivity (Wildman–Crippen MR) is 70.7 cm³/mol. The smallest absolute Gasteiger partial charge is 0.307 e. The van der Waals surface area contributed by atoms with Crippen LogP contribution in [0.4, 0.5) is 0 Å². The van der Waals surface area contributed by atoms with E-state index in [1.54, 1.807) is 0 Å². The Kier molecular flexibility index (Phi) is 4.52. The molecule has 102 valence electrons. The summed E-state index contributed by atoms with van der Waals surface area (Å²) in [5, 5.41) is 15.1. The van der Waals surface area contributed by atoms with Gasteiger partial charge >= 0.3 is 5.97 Å². The molecule has 0 saturated carbocycles. The highest BCUT2D eigenvalue weighted by Crippen LogP contribution is 2.11. The average molecular weight is 262 g/mol. The Morgan fingerprint density at radius 3 is 2.74 bits per heavy atom. The minimum Gasteiger partial charge on any atom is -0.481 e. The highest BCUT2D eigenvalue weighted by atomic mass is 16.4. The zero-order valence-corrected chi connectivity index (χ0v) is 10.7. The SMILES string of the molecule is O=C(O)Cc1ccccc1CNC1CCC(=O)NC1. The number of rotatable bonds is 5. The van der Waals surface area contributed by atoms with E-state index in [9.17, 15) is 9.59 Å². The summed E-state index contributed by atoms with van der Waals surface area (Å²) in [5.74, 6) is -0.721. The molecule has 1 aliphatic heterocycles.